The standard InChI is InChI=1S/C18H26N4O2S/c1-3-21-9-5-6-14(21)12-22(10-7-16(23)24-4-2)17-15-8-11-25-18(15)20-13-19-17/h8,11,13-14H,3-7,9-10,12H2,1-2H3/t14-/m0/s1. The first kappa shape index (κ1) is 18.1. The Bertz CT molecular complexity index is 705. The number of thiophene rings is 1. The van der Waals surface area contributed by atoms with Crippen molar-refractivity contribution in [3.8, 4) is 0 Å². The Labute approximate surface area is 152 Å². The number of likely N-dealkylation sites (tertiary alicyclic amines) is 1. The molecule has 0 radical (unpaired) electrons. The molecule has 0 bridgehead atoms. The number of carbonyl (C=O) groups is 1. The van der Waals surface area contributed by atoms with Gasteiger partial charge in [-0.3, -0.25) is 9.69 Å². The summed E-state index contributed by atoms with van der Waals surface area (Å²) in [6, 6.07) is 2.58. The zero-order valence-electron chi connectivity index (χ0n) is 15.0. The van der Waals surface area contributed by atoms with Gasteiger partial charge < -0.3 is 9.64 Å². The first-order valence-corrected chi connectivity index (χ1v) is 9.93. The molecule has 0 amide bonds. The van der Waals surface area contributed by atoms with E-state index in [1.165, 1.54) is 12.8 Å². The molecular weight excluding hydrogens is 336 g/mol. The molecule has 2 aromatic heterocycles. The lowest BCUT2D eigenvalue weighted by molar-refractivity contribution is -0.142. The largest absolute Gasteiger partial charge is 0.466 e. The molecule has 0 saturated carbocycles. The summed E-state index contributed by atoms with van der Waals surface area (Å²) in [5, 5.41) is 3.11. The van der Waals surface area contributed by atoms with Crippen LogP contribution in [-0.4, -0.2) is 59.7 Å². The van der Waals surface area contributed by atoms with Crippen LogP contribution in [0.4, 0.5) is 5.82 Å². The minimum atomic E-state index is -0.151. The van der Waals surface area contributed by atoms with Crippen LogP contribution >= 0.6 is 11.3 Å². The van der Waals surface area contributed by atoms with E-state index < -0.39 is 0 Å². The lowest BCUT2D eigenvalue weighted by Gasteiger charge is -2.31. The molecular formula is C18H26N4O2S. The van der Waals surface area contributed by atoms with E-state index in [1.807, 2.05) is 12.3 Å². The molecule has 25 heavy (non-hydrogen) atoms. The Kier molecular flexibility index (Phi) is 6.20. The van der Waals surface area contributed by atoms with Gasteiger partial charge in [-0.05, 0) is 44.3 Å². The Morgan fingerprint density at radius 2 is 2.32 bits per heavy atom. The van der Waals surface area contributed by atoms with Crippen LogP contribution in [0.5, 0.6) is 0 Å². The van der Waals surface area contributed by atoms with E-state index in [-0.39, 0.29) is 5.97 Å². The molecule has 0 spiro atoms. The van der Waals surface area contributed by atoms with Crippen molar-refractivity contribution in [3.05, 3.63) is 17.8 Å². The van der Waals surface area contributed by atoms with E-state index in [4.69, 9.17) is 4.74 Å². The van der Waals surface area contributed by atoms with Crippen molar-refractivity contribution in [2.75, 3.05) is 37.7 Å². The number of hydrogen-bond donors (Lipinski definition) is 0. The first-order valence-electron chi connectivity index (χ1n) is 9.05. The SMILES string of the molecule is CCOC(=O)CCN(C[C@@H]1CCCN1CC)c1ncnc2sccc12. The molecule has 0 aromatic carbocycles. The molecule has 0 N–H and O–H groups in total. The number of hydrogen-bond acceptors (Lipinski definition) is 7. The molecule has 0 unspecified atom stereocenters. The predicted octanol–water partition coefficient (Wildman–Crippen LogP) is 2.94. The third-order valence-corrected chi connectivity index (χ3v) is 5.59. The molecule has 1 aliphatic heterocycles. The predicted molar refractivity (Wildman–Crippen MR) is 101 cm³/mol. The van der Waals surface area contributed by atoms with Gasteiger partial charge in [-0.1, -0.05) is 6.92 Å². The van der Waals surface area contributed by atoms with Crippen molar-refractivity contribution in [2.24, 2.45) is 0 Å². The van der Waals surface area contributed by atoms with Gasteiger partial charge in [0, 0.05) is 19.1 Å². The van der Waals surface area contributed by atoms with E-state index in [9.17, 15) is 4.79 Å². The van der Waals surface area contributed by atoms with Crippen LogP contribution in [0.1, 0.15) is 33.1 Å². The van der Waals surface area contributed by atoms with E-state index in [0.29, 0.717) is 25.6 Å². The fourth-order valence-corrected chi connectivity index (χ4v) is 4.27. The van der Waals surface area contributed by atoms with Gasteiger partial charge in [0.1, 0.15) is 17.0 Å². The minimum Gasteiger partial charge on any atom is -0.466 e. The molecule has 1 saturated heterocycles. The summed E-state index contributed by atoms with van der Waals surface area (Å²) in [6.45, 7) is 8.20. The van der Waals surface area contributed by atoms with Crippen molar-refractivity contribution in [3.63, 3.8) is 0 Å². The van der Waals surface area contributed by atoms with Gasteiger partial charge in [-0.2, -0.15) is 0 Å². The van der Waals surface area contributed by atoms with Gasteiger partial charge in [0.15, 0.2) is 0 Å². The van der Waals surface area contributed by atoms with Gasteiger partial charge >= 0.3 is 5.97 Å². The van der Waals surface area contributed by atoms with Crippen molar-refractivity contribution in [2.45, 2.75) is 39.2 Å². The van der Waals surface area contributed by atoms with E-state index in [1.54, 1.807) is 17.7 Å². The summed E-state index contributed by atoms with van der Waals surface area (Å²) in [5.41, 5.74) is 0. The average Bonchev–Trinajstić information content (AvgIpc) is 3.27. The van der Waals surface area contributed by atoms with Crippen molar-refractivity contribution in [1.29, 1.82) is 0 Å². The Morgan fingerprint density at radius 3 is 3.12 bits per heavy atom. The fraction of sp³-hybridized carbons (Fsp3) is 0.611. The second kappa shape index (κ2) is 8.58. The Balaban J connectivity index is 1.81. The zero-order valence-corrected chi connectivity index (χ0v) is 15.8. The van der Waals surface area contributed by atoms with Gasteiger partial charge in [-0.15, -0.1) is 11.3 Å². The summed E-state index contributed by atoms with van der Waals surface area (Å²) in [7, 11) is 0. The number of ether oxygens (including phenoxy) is 1. The normalized spacial score (nSPS) is 17.9. The minimum absolute atomic E-state index is 0.151. The zero-order chi connectivity index (χ0) is 17.6. The van der Waals surface area contributed by atoms with Crippen LogP contribution in [0.3, 0.4) is 0 Å². The number of carbonyl (C=O) groups excluding carboxylic acids is 1. The van der Waals surface area contributed by atoms with Gasteiger partial charge in [0.2, 0.25) is 0 Å². The first-order chi connectivity index (χ1) is 12.2. The average molecular weight is 362 g/mol. The highest BCUT2D eigenvalue weighted by atomic mass is 32.1. The molecule has 2 aromatic rings. The van der Waals surface area contributed by atoms with Crippen LogP contribution < -0.4 is 4.90 Å². The molecule has 6 nitrogen and oxygen atoms in total. The van der Waals surface area contributed by atoms with Gasteiger partial charge in [-0.25, -0.2) is 9.97 Å². The third-order valence-electron chi connectivity index (χ3n) is 4.77. The van der Waals surface area contributed by atoms with Crippen LogP contribution in [0, 0.1) is 0 Å². The number of esters is 1. The molecule has 7 heteroatoms. The van der Waals surface area contributed by atoms with Crippen molar-refractivity contribution in [1.82, 2.24) is 14.9 Å². The highest BCUT2D eigenvalue weighted by molar-refractivity contribution is 7.16. The van der Waals surface area contributed by atoms with Crippen molar-refractivity contribution >= 4 is 33.3 Å². The highest BCUT2D eigenvalue weighted by Gasteiger charge is 2.26. The molecule has 3 rings (SSSR count). The summed E-state index contributed by atoms with van der Waals surface area (Å²) in [4.78, 5) is 26.5. The molecule has 0 aliphatic carbocycles. The lowest BCUT2D eigenvalue weighted by Crippen LogP contribution is -2.41. The number of likely N-dealkylation sites (N-methyl/N-ethyl adjacent to an activating group) is 1. The summed E-state index contributed by atoms with van der Waals surface area (Å²) < 4.78 is 5.11. The number of nitrogens with zero attached hydrogens (tertiary/aromatic N) is 4. The smallest absolute Gasteiger partial charge is 0.307 e. The lowest BCUT2D eigenvalue weighted by atomic mass is 10.2. The Hall–Kier alpha value is -1.73. The molecule has 3 heterocycles. The second-order valence-electron chi connectivity index (χ2n) is 6.26. The molecule has 136 valence electrons. The van der Waals surface area contributed by atoms with E-state index in [2.05, 4.69) is 32.8 Å². The molecule has 1 atom stereocenters. The number of aromatic nitrogens is 2. The maximum atomic E-state index is 11.9. The van der Waals surface area contributed by atoms with Crippen LogP contribution in [0.2, 0.25) is 0 Å². The molecule has 1 aliphatic rings. The quantitative estimate of drug-likeness (QED) is 0.673. The van der Waals surface area contributed by atoms with Crippen LogP contribution in [0.15, 0.2) is 17.8 Å². The highest BCUT2D eigenvalue weighted by Crippen LogP contribution is 2.28. The van der Waals surface area contributed by atoms with Gasteiger partial charge in [0.25, 0.3) is 0 Å². The van der Waals surface area contributed by atoms with E-state index in [0.717, 1.165) is 35.7 Å². The fourth-order valence-electron chi connectivity index (χ4n) is 3.54. The van der Waals surface area contributed by atoms with Gasteiger partial charge in [0.05, 0.1) is 18.4 Å². The number of anilines is 1. The summed E-state index contributed by atoms with van der Waals surface area (Å²) in [6.07, 6.45) is 4.43. The Morgan fingerprint density at radius 1 is 1.44 bits per heavy atom. The summed E-state index contributed by atoms with van der Waals surface area (Å²) >= 11 is 1.62. The van der Waals surface area contributed by atoms with Crippen LogP contribution in [0.25, 0.3) is 10.2 Å². The number of rotatable bonds is 8. The topological polar surface area (TPSA) is 58.6 Å². The van der Waals surface area contributed by atoms with Crippen LogP contribution in [-0.2, 0) is 9.53 Å². The molecule has 1 fully saturated rings. The number of fused-ring (bicyclic) bond motifs is 1. The third kappa shape index (κ3) is 4.27. The monoisotopic (exact) mass is 362 g/mol. The second-order valence-corrected chi connectivity index (χ2v) is 7.16. The summed E-state index contributed by atoms with van der Waals surface area (Å²) in [5.74, 6) is 0.778. The van der Waals surface area contributed by atoms with Crippen molar-refractivity contribution < 1.29 is 9.53 Å². The maximum Gasteiger partial charge on any atom is 0.307 e. The van der Waals surface area contributed by atoms with E-state index >= 15 is 0 Å². The maximum absolute atomic E-state index is 11.9.